The largest absolute Gasteiger partial charge is 0.316 e. The van der Waals surface area contributed by atoms with E-state index in [0.717, 1.165) is 52.4 Å². The molecule has 118 valence electrons. The summed E-state index contributed by atoms with van der Waals surface area (Å²) in [6, 6.07) is 10.8. The Labute approximate surface area is 129 Å². The lowest BCUT2D eigenvalue weighted by atomic mass is 9.99. The fraction of sp³-hybridized carbons (Fsp3) is 0.647. The van der Waals surface area contributed by atoms with Crippen molar-refractivity contribution in [3.63, 3.8) is 0 Å². The monoisotopic (exact) mass is 290 g/mol. The van der Waals surface area contributed by atoms with E-state index >= 15 is 0 Å². The van der Waals surface area contributed by atoms with E-state index in [4.69, 9.17) is 0 Å². The summed E-state index contributed by atoms with van der Waals surface area (Å²) in [5, 5.41) is 14.2. The minimum absolute atomic E-state index is 0.553. The molecule has 0 saturated carbocycles. The first-order chi connectivity index (χ1) is 10.5. The van der Waals surface area contributed by atoms with E-state index in [-0.39, 0.29) is 0 Å². The zero-order valence-electron chi connectivity index (χ0n) is 13.0. The van der Waals surface area contributed by atoms with Crippen molar-refractivity contribution in [2.24, 2.45) is 0 Å². The molecule has 21 heavy (non-hydrogen) atoms. The summed E-state index contributed by atoms with van der Waals surface area (Å²) in [4.78, 5) is 0. The summed E-state index contributed by atoms with van der Waals surface area (Å²) in [7, 11) is 0. The first kappa shape index (κ1) is 16.4. The van der Waals surface area contributed by atoms with Crippen LogP contribution >= 0.6 is 0 Å². The molecule has 1 aromatic rings. The van der Waals surface area contributed by atoms with Crippen LogP contribution in [0.4, 0.5) is 0 Å². The number of benzene rings is 1. The first-order valence-electron chi connectivity index (χ1n) is 8.34. The quantitative estimate of drug-likeness (QED) is 0.621. The topological polar surface area (TPSA) is 48.1 Å². The number of hydrogen-bond acceptors (Lipinski definition) is 4. The van der Waals surface area contributed by atoms with Crippen molar-refractivity contribution in [2.45, 2.75) is 18.8 Å². The van der Waals surface area contributed by atoms with Crippen molar-refractivity contribution in [3.8, 4) is 0 Å². The third-order valence-corrected chi connectivity index (χ3v) is 3.95. The maximum atomic E-state index is 3.61. The lowest BCUT2D eigenvalue weighted by Crippen LogP contribution is -2.31. The normalized spacial score (nSPS) is 21.3. The Hall–Kier alpha value is -0.940. The molecule has 0 amide bonds. The highest BCUT2D eigenvalue weighted by atomic mass is 15.0. The summed E-state index contributed by atoms with van der Waals surface area (Å²) >= 11 is 0. The highest BCUT2D eigenvalue weighted by molar-refractivity contribution is 5.20. The molecule has 0 radical (unpaired) electrons. The lowest BCUT2D eigenvalue weighted by Gasteiger charge is -2.19. The van der Waals surface area contributed by atoms with Gasteiger partial charge in [-0.3, -0.25) is 0 Å². The van der Waals surface area contributed by atoms with E-state index in [0.29, 0.717) is 5.92 Å². The highest BCUT2D eigenvalue weighted by Gasteiger charge is 2.10. The SMILES string of the molecule is c1ccc(C2CNCCCNCCNCCCNC2)cc1. The Morgan fingerprint density at radius 1 is 0.619 bits per heavy atom. The standard InChI is InChI=1S/C17H30N4/c1-2-6-16(7-3-1)17-14-20-10-4-8-18-12-13-19-9-5-11-21-15-17/h1-3,6-7,17-21H,4-5,8-15H2. The molecule has 0 aromatic heterocycles. The number of hydrogen-bond donors (Lipinski definition) is 4. The minimum Gasteiger partial charge on any atom is -0.316 e. The average Bonchev–Trinajstić information content (AvgIpc) is 2.54. The van der Waals surface area contributed by atoms with E-state index in [1.165, 1.54) is 18.4 Å². The van der Waals surface area contributed by atoms with E-state index in [2.05, 4.69) is 51.6 Å². The fourth-order valence-corrected chi connectivity index (χ4v) is 2.69. The van der Waals surface area contributed by atoms with Crippen LogP contribution in [0.3, 0.4) is 0 Å². The summed E-state index contributed by atoms with van der Waals surface area (Å²) in [5.74, 6) is 0.553. The second kappa shape index (κ2) is 10.7. The van der Waals surface area contributed by atoms with Crippen molar-refractivity contribution in [3.05, 3.63) is 35.9 Å². The molecule has 1 fully saturated rings. The van der Waals surface area contributed by atoms with Gasteiger partial charge >= 0.3 is 0 Å². The van der Waals surface area contributed by atoms with Gasteiger partial charge in [0.05, 0.1) is 0 Å². The van der Waals surface area contributed by atoms with Gasteiger partial charge in [0.2, 0.25) is 0 Å². The van der Waals surface area contributed by atoms with Crippen LogP contribution in [0.15, 0.2) is 30.3 Å². The first-order valence-corrected chi connectivity index (χ1v) is 8.34. The van der Waals surface area contributed by atoms with Gasteiger partial charge in [-0.2, -0.15) is 0 Å². The highest BCUT2D eigenvalue weighted by Crippen LogP contribution is 2.13. The third-order valence-electron chi connectivity index (χ3n) is 3.95. The molecule has 4 nitrogen and oxygen atoms in total. The molecule has 0 unspecified atom stereocenters. The maximum Gasteiger partial charge on any atom is 0.00885 e. The van der Waals surface area contributed by atoms with E-state index in [9.17, 15) is 0 Å². The Kier molecular flexibility index (Phi) is 8.40. The van der Waals surface area contributed by atoms with Crippen LogP contribution in [0.2, 0.25) is 0 Å². The molecule has 0 spiro atoms. The zero-order valence-corrected chi connectivity index (χ0v) is 13.0. The lowest BCUT2D eigenvalue weighted by molar-refractivity contribution is 0.520. The van der Waals surface area contributed by atoms with Crippen LogP contribution in [0.5, 0.6) is 0 Å². The molecule has 1 aromatic carbocycles. The zero-order chi connectivity index (χ0) is 14.6. The Bertz CT molecular complexity index is 339. The molecular weight excluding hydrogens is 260 g/mol. The third kappa shape index (κ3) is 7.05. The molecule has 0 aliphatic carbocycles. The van der Waals surface area contributed by atoms with Crippen molar-refractivity contribution >= 4 is 0 Å². The Morgan fingerprint density at radius 2 is 1.14 bits per heavy atom. The van der Waals surface area contributed by atoms with Crippen LogP contribution < -0.4 is 21.3 Å². The second-order valence-electron chi connectivity index (χ2n) is 5.72. The molecular formula is C17H30N4. The van der Waals surface area contributed by atoms with Gasteiger partial charge in [0.1, 0.15) is 0 Å². The van der Waals surface area contributed by atoms with Gasteiger partial charge in [-0.1, -0.05) is 30.3 Å². The molecule has 1 aliphatic rings. The van der Waals surface area contributed by atoms with Crippen LogP contribution in [0, 0.1) is 0 Å². The van der Waals surface area contributed by atoms with E-state index in [1.54, 1.807) is 0 Å². The van der Waals surface area contributed by atoms with Gasteiger partial charge in [-0.15, -0.1) is 0 Å². The van der Waals surface area contributed by atoms with Crippen molar-refractivity contribution in [2.75, 3.05) is 52.4 Å². The predicted molar refractivity (Wildman–Crippen MR) is 89.9 cm³/mol. The molecule has 4 N–H and O–H groups in total. The Balaban J connectivity index is 1.83. The molecule has 1 saturated heterocycles. The number of rotatable bonds is 1. The molecule has 1 heterocycles. The van der Waals surface area contributed by atoms with Crippen LogP contribution in [-0.4, -0.2) is 52.4 Å². The summed E-state index contributed by atoms with van der Waals surface area (Å²) in [6.07, 6.45) is 2.38. The molecule has 4 heteroatoms. The van der Waals surface area contributed by atoms with Gasteiger partial charge in [0, 0.05) is 32.1 Å². The van der Waals surface area contributed by atoms with E-state index < -0.39 is 0 Å². The molecule has 2 rings (SSSR count). The molecule has 0 bridgehead atoms. The van der Waals surface area contributed by atoms with Gasteiger partial charge in [0.25, 0.3) is 0 Å². The van der Waals surface area contributed by atoms with Gasteiger partial charge in [0.15, 0.2) is 0 Å². The summed E-state index contributed by atoms with van der Waals surface area (Å²) in [6.45, 7) is 8.62. The van der Waals surface area contributed by atoms with Gasteiger partial charge in [-0.05, 0) is 44.6 Å². The summed E-state index contributed by atoms with van der Waals surface area (Å²) in [5.41, 5.74) is 1.43. The Morgan fingerprint density at radius 3 is 1.71 bits per heavy atom. The predicted octanol–water partition coefficient (Wildman–Crippen LogP) is 0.922. The van der Waals surface area contributed by atoms with Crippen molar-refractivity contribution in [1.82, 2.24) is 21.3 Å². The van der Waals surface area contributed by atoms with Crippen molar-refractivity contribution < 1.29 is 0 Å². The molecule has 1 aliphatic heterocycles. The maximum absolute atomic E-state index is 3.61. The van der Waals surface area contributed by atoms with Crippen LogP contribution in [0.25, 0.3) is 0 Å². The van der Waals surface area contributed by atoms with E-state index in [1.807, 2.05) is 0 Å². The fourth-order valence-electron chi connectivity index (χ4n) is 2.69. The van der Waals surface area contributed by atoms with Crippen LogP contribution in [-0.2, 0) is 0 Å². The summed E-state index contributed by atoms with van der Waals surface area (Å²) < 4.78 is 0. The minimum atomic E-state index is 0.553. The second-order valence-corrected chi connectivity index (χ2v) is 5.72. The van der Waals surface area contributed by atoms with Gasteiger partial charge in [-0.25, -0.2) is 0 Å². The molecule has 0 atom stereocenters. The number of nitrogens with one attached hydrogen (secondary N) is 4. The van der Waals surface area contributed by atoms with Crippen molar-refractivity contribution in [1.29, 1.82) is 0 Å². The van der Waals surface area contributed by atoms with Gasteiger partial charge < -0.3 is 21.3 Å². The smallest absolute Gasteiger partial charge is 0.00885 e. The average molecular weight is 290 g/mol. The van der Waals surface area contributed by atoms with Crippen LogP contribution in [0.1, 0.15) is 24.3 Å².